The first kappa shape index (κ1) is 23.2. The summed E-state index contributed by atoms with van der Waals surface area (Å²) in [4.78, 5) is 16.9. The molecule has 1 unspecified atom stereocenters. The SMILES string of the molecule is CCC(NC)c1nc2ccc(-c3ccc4c(c3)CCC4)cc2n1-c1c(C=O)cccc1OC(F)F. The summed E-state index contributed by atoms with van der Waals surface area (Å²) in [6, 6.07) is 17.0. The Morgan fingerprint density at radius 1 is 1.09 bits per heavy atom. The van der Waals surface area contributed by atoms with Crippen LogP contribution in [0.4, 0.5) is 8.78 Å². The van der Waals surface area contributed by atoms with Gasteiger partial charge in [-0.1, -0.05) is 37.3 Å². The third kappa shape index (κ3) is 4.21. The van der Waals surface area contributed by atoms with Crippen LogP contribution in [0.1, 0.15) is 53.1 Å². The summed E-state index contributed by atoms with van der Waals surface area (Å²) in [5.41, 5.74) is 6.81. The first-order valence-electron chi connectivity index (χ1n) is 11.9. The minimum absolute atomic E-state index is 0.0703. The molecule has 0 spiro atoms. The van der Waals surface area contributed by atoms with E-state index in [0.29, 0.717) is 24.0 Å². The van der Waals surface area contributed by atoms with Crippen LogP contribution in [0.5, 0.6) is 5.75 Å². The van der Waals surface area contributed by atoms with Gasteiger partial charge in [0.05, 0.1) is 17.1 Å². The van der Waals surface area contributed by atoms with E-state index in [-0.39, 0.29) is 23.0 Å². The fourth-order valence-corrected chi connectivity index (χ4v) is 5.07. The third-order valence-electron chi connectivity index (χ3n) is 6.78. The van der Waals surface area contributed by atoms with Crippen LogP contribution in [0.25, 0.3) is 27.8 Å². The molecule has 1 heterocycles. The number of para-hydroxylation sites is 1. The molecular weight excluding hydrogens is 448 g/mol. The smallest absolute Gasteiger partial charge is 0.387 e. The van der Waals surface area contributed by atoms with Crippen LogP contribution >= 0.6 is 0 Å². The summed E-state index contributed by atoms with van der Waals surface area (Å²) in [5.74, 6) is 0.559. The van der Waals surface area contributed by atoms with Gasteiger partial charge in [-0.3, -0.25) is 9.36 Å². The summed E-state index contributed by atoms with van der Waals surface area (Å²) in [7, 11) is 1.83. The minimum atomic E-state index is -3.03. The number of nitrogens with one attached hydrogen (secondary N) is 1. The summed E-state index contributed by atoms with van der Waals surface area (Å²) < 4.78 is 33.3. The lowest BCUT2D eigenvalue weighted by Crippen LogP contribution is -2.20. The van der Waals surface area contributed by atoms with E-state index < -0.39 is 6.61 Å². The highest BCUT2D eigenvalue weighted by Crippen LogP contribution is 2.36. The van der Waals surface area contributed by atoms with Crippen molar-refractivity contribution in [2.24, 2.45) is 0 Å². The first-order valence-corrected chi connectivity index (χ1v) is 11.9. The van der Waals surface area contributed by atoms with Crippen molar-refractivity contribution in [3.63, 3.8) is 0 Å². The van der Waals surface area contributed by atoms with Crippen molar-refractivity contribution in [1.82, 2.24) is 14.9 Å². The van der Waals surface area contributed by atoms with Gasteiger partial charge < -0.3 is 10.1 Å². The van der Waals surface area contributed by atoms with Crippen molar-refractivity contribution >= 4 is 17.3 Å². The van der Waals surface area contributed by atoms with Gasteiger partial charge in [0.25, 0.3) is 0 Å². The summed E-state index contributed by atoms with van der Waals surface area (Å²) in [6.07, 6.45) is 4.74. The van der Waals surface area contributed by atoms with Gasteiger partial charge in [-0.25, -0.2) is 4.98 Å². The number of halogens is 2. The molecule has 0 aliphatic heterocycles. The molecule has 0 fully saturated rings. The molecular formula is C28H27F2N3O2. The Morgan fingerprint density at radius 3 is 2.60 bits per heavy atom. The van der Waals surface area contributed by atoms with Crippen molar-refractivity contribution in [1.29, 1.82) is 0 Å². The van der Waals surface area contributed by atoms with Crippen LogP contribution in [0.2, 0.25) is 0 Å². The predicted molar refractivity (Wildman–Crippen MR) is 133 cm³/mol. The van der Waals surface area contributed by atoms with Crippen LogP contribution in [0.3, 0.4) is 0 Å². The van der Waals surface area contributed by atoms with Gasteiger partial charge in [-0.2, -0.15) is 8.78 Å². The quantitative estimate of drug-likeness (QED) is 0.305. The summed E-state index contributed by atoms with van der Waals surface area (Å²) >= 11 is 0. The molecule has 0 saturated carbocycles. The van der Waals surface area contributed by atoms with Gasteiger partial charge in [0, 0.05) is 5.56 Å². The number of benzene rings is 3. The number of hydrogen-bond acceptors (Lipinski definition) is 4. The molecule has 5 rings (SSSR count). The molecule has 1 aliphatic rings. The van der Waals surface area contributed by atoms with E-state index in [0.717, 1.165) is 29.5 Å². The largest absolute Gasteiger partial charge is 0.433 e. The number of alkyl halides is 2. The number of nitrogens with zero attached hydrogens (tertiary/aromatic N) is 2. The molecule has 3 aromatic carbocycles. The Hall–Kier alpha value is -3.58. The highest BCUT2D eigenvalue weighted by Gasteiger charge is 2.25. The molecule has 7 heteroatoms. The number of aldehydes is 1. The average Bonchev–Trinajstić information content (AvgIpc) is 3.48. The molecule has 1 N–H and O–H groups in total. The fourth-order valence-electron chi connectivity index (χ4n) is 5.07. The Morgan fingerprint density at radius 2 is 1.86 bits per heavy atom. The van der Waals surface area contributed by atoms with E-state index in [1.165, 1.54) is 29.7 Å². The minimum Gasteiger partial charge on any atom is -0.433 e. The van der Waals surface area contributed by atoms with E-state index >= 15 is 0 Å². The van der Waals surface area contributed by atoms with Crippen molar-refractivity contribution in [2.75, 3.05) is 7.05 Å². The standard InChI is InChI=1S/C28H27F2N3O2/c1-3-22(31-2)27-32-23-13-12-20(19-11-10-17-6-4-7-18(17)14-19)15-24(23)33(27)26-21(16-34)8-5-9-25(26)35-28(29)30/h5,8-16,22,28,31H,3-4,6-7H2,1-2H3. The summed E-state index contributed by atoms with van der Waals surface area (Å²) in [6.45, 7) is -1.01. The molecule has 1 atom stereocenters. The second kappa shape index (κ2) is 9.58. The number of carbonyl (C=O) groups is 1. The van der Waals surface area contributed by atoms with Gasteiger partial charge in [0.1, 0.15) is 11.5 Å². The van der Waals surface area contributed by atoms with Gasteiger partial charge in [-0.05, 0) is 79.3 Å². The predicted octanol–water partition coefficient (Wildman–Crippen LogP) is 6.27. The topological polar surface area (TPSA) is 56.2 Å². The number of rotatable bonds is 8. The lowest BCUT2D eigenvalue weighted by atomic mass is 10.00. The number of aryl methyl sites for hydroxylation is 2. The Labute approximate surface area is 202 Å². The maximum absolute atomic E-state index is 13.3. The van der Waals surface area contributed by atoms with Crippen molar-refractivity contribution in [3.8, 4) is 22.6 Å². The van der Waals surface area contributed by atoms with E-state index in [9.17, 15) is 13.6 Å². The highest BCUT2D eigenvalue weighted by molar-refractivity contribution is 5.89. The second-order valence-electron chi connectivity index (χ2n) is 8.79. The normalized spacial score (nSPS) is 13.9. The zero-order valence-electron chi connectivity index (χ0n) is 19.7. The number of aromatic nitrogens is 2. The molecule has 180 valence electrons. The maximum Gasteiger partial charge on any atom is 0.387 e. The molecule has 35 heavy (non-hydrogen) atoms. The molecule has 1 aromatic heterocycles. The average molecular weight is 476 g/mol. The van der Waals surface area contributed by atoms with Gasteiger partial charge in [-0.15, -0.1) is 0 Å². The fraction of sp³-hybridized carbons (Fsp3) is 0.286. The number of fused-ring (bicyclic) bond motifs is 2. The number of ether oxygens (including phenoxy) is 1. The van der Waals surface area contributed by atoms with Crippen LogP contribution in [0.15, 0.2) is 54.6 Å². The van der Waals surface area contributed by atoms with Gasteiger partial charge in [0.2, 0.25) is 0 Å². The molecule has 5 nitrogen and oxygen atoms in total. The monoisotopic (exact) mass is 475 g/mol. The van der Waals surface area contributed by atoms with Crippen molar-refractivity contribution < 1.29 is 18.3 Å². The molecule has 0 amide bonds. The lowest BCUT2D eigenvalue weighted by Gasteiger charge is -2.20. The van der Waals surface area contributed by atoms with E-state index in [1.807, 2.05) is 32.2 Å². The van der Waals surface area contributed by atoms with Crippen LogP contribution in [-0.4, -0.2) is 29.5 Å². The summed E-state index contributed by atoms with van der Waals surface area (Å²) in [5, 5.41) is 3.25. The van der Waals surface area contributed by atoms with Crippen molar-refractivity contribution in [3.05, 3.63) is 77.1 Å². The lowest BCUT2D eigenvalue weighted by molar-refractivity contribution is -0.0498. The molecule has 1 aliphatic carbocycles. The molecule has 0 saturated heterocycles. The molecule has 0 bridgehead atoms. The van der Waals surface area contributed by atoms with Crippen LogP contribution < -0.4 is 10.1 Å². The molecule has 4 aromatic rings. The van der Waals surface area contributed by atoms with Gasteiger partial charge >= 0.3 is 6.61 Å². The Balaban J connectivity index is 1.78. The third-order valence-corrected chi connectivity index (χ3v) is 6.78. The zero-order chi connectivity index (χ0) is 24.5. The van der Waals surface area contributed by atoms with Crippen LogP contribution in [0, 0.1) is 0 Å². The number of imidazole rings is 1. The number of carbonyl (C=O) groups excluding carboxylic acids is 1. The van der Waals surface area contributed by atoms with E-state index in [1.54, 1.807) is 10.6 Å². The van der Waals surface area contributed by atoms with Crippen molar-refractivity contribution in [2.45, 2.75) is 45.3 Å². The first-order chi connectivity index (χ1) is 17.0. The van der Waals surface area contributed by atoms with Crippen LogP contribution in [-0.2, 0) is 12.8 Å². The second-order valence-corrected chi connectivity index (χ2v) is 8.79. The highest BCUT2D eigenvalue weighted by atomic mass is 19.3. The molecule has 0 radical (unpaired) electrons. The zero-order valence-corrected chi connectivity index (χ0v) is 19.7. The maximum atomic E-state index is 13.3. The van der Waals surface area contributed by atoms with E-state index in [2.05, 4.69) is 23.5 Å². The van der Waals surface area contributed by atoms with E-state index in [4.69, 9.17) is 9.72 Å². The number of hydrogen-bond donors (Lipinski definition) is 1. The Kier molecular flexibility index (Phi) is 6.34. The Bertz CT molecular complexity index is 1390. The van der Waals surface area contributed by atoms with Gasteiger partial charge in [0.15, 0.2) is 12.0 Å².